The first-order valence-electron chi connectivity index (χ1n) is 9.78. The molecule has 1 spiro atoms. The molecule has 5 nitrogen and oxygen atoms in total. The van der Waals surface area contributed by atoms with Crippen LogP contribution >= 0.6 is 0 Å². The van der Waals surface area contributed by atoms with Crippen LogP contribution in [0.15, 0.2) is 60.8 Å². The number of nitrogens with zero attached hydrogens (tertiary/aromatic N) is 2. The molecule has 3 aromatic rings. The van der Waals surface area contributed by atoms with Crippen molar-refractivity contribution in [2.45, 2.75) is 31.1 Å². The quantitative estimate of drug-likeness (QED) is 0.765. The zero-order valence-electron chi connectivity index (χ0n) is 15.7. The molecular formula is C23H23N3O2. The predicted molar refractivity (Wildman–Crippen MR) is 107 cm³/mol. The minimum Gasteiger partial charge on any atom is -0.367 e. The minimum absolute atomic E-state index is 0.396. The number of fused-ring (bicyclic) bond motifs is 3. The molecule has 1 amide bonds. The van der Waals surface area contributed by atoms with Crippen molar-refractivity contribution >= 4 is 16.8 Å². The maximum Gasteiger partial charge on any atom is 0.251 e. The van der Waals surface area contributed by atoms with Gasteiger partial charge in [-0.3, -0.25) is 14.7 Å². The number of primary amides is 1. The van der Waals surface area contributed by atoms with E-state index < -0.39 is 17.6 Å². The summed E-state index contributed by atoms with van der Waals surface area (Å²) in [5.41, 5.74) is 9.60. The van der Waals surface area contributed by atoms with Gasteiger partial charge in [-0.05, 0) is 41.7 Å². The number of rotatable bonds is 3. The Morgan fingerprint density at radius 2 is 1.86 bits per heavy atom. The van der Waals surface area contributed by atoms with Crippen LogP contribution in [0.1, 0.15) is 35.6 Å². The highest BCUT2D eigenvalue weighted by Crippen LogP contribution is 2.49. The number of hydrogen-bond acceptors (Lipinski definition) is 4. The van der Waals surface area contributed by atoms with E-state index in [4.69, 9.17) is 10.5 Å². The largest absolute Gasteiger partial charge is 0.367 e. The number of benzene rings is 2. The van der Waals surface area contributed by atoms with E-state index in [9.17, 15) is 4.79 Å². The predicted octanol–water partition coefficient (Wildman–Crippen LogP) is 3.28. The Hall–Kier alpha value is -2.76. The van der Waals surface area contributed by atoms with Gasteiger partial charge in [0.1, 0.15) is 0 Å². The number of aromatic nitrogens is 1. The van der Waals surface area contributed by atoms with Crippen molar-refractivity contribution in [1.29, 1.82) is 0 Å². The number of para-hydroxylation sites is 1. The van der Waals surface area contributed by atoms with Crippen molar-refractivity contribution < 1.29 is 9.53 Å². The molecule has 2 aromatic carbocycles. The zero-order chi connectivity index (χ0) is 19.1. The average molecular weight is 373 g/mol. The topological polar surface area (TPSA) is 68.5 Å². The lowest BCUT2D eigenvalue weighted by Gasteiger charge is -2.39. The van der Waals surface area contributed by atoms with Crippen molar-refractivity contribution in [3.05, 3.63) is 77.5 Å². The highest BCUT2D eigenvalue weighted by atomic mass is 16.5. The molecular weight excluding hydrogens is 350 g/mol. The molecule has 1 saturated heterocycles. The van der Waals surface area contributed by atoms with Gasteiger partial charge in [-0.1, -0.05) is 42.5 Å². The molecule has 2 aliphatic rings. The lowest BCUT2D eigenvalue weighted by Crippen LogP contribution is -2.42. The molecule has 5 heteroatoms. The van der Waals surface area contributed by atoms with E-state index in [-0.39, 0.29) is 0 Å². The molecule has 0 bridgehead atoms. The summed E-state index contributed by atoms with van der Waals surface area (Å²) in [5.74, 6) is -0.407. The third-order valence-electron chi connectivity index (χ3n) is 6.13. The first kappa shape index (κ1) is 17.3. The van der Waals surface area contributed by atoms with Gasteiger partial charge < -0.3 is 10.5 Å². The molecule has 1 aromatic heterocycles. The summed E-state index contributed by atoms with van der Waals surface area (Å²) in [6, 6.07) is 18.4. The van der Waals surface area contributed by atoms with Crippen LogP contribution in [-0.2, 0) is 21.7 Å². The SMILES string of the molecule is NC(=O)C1OC2(CCN(Cc3ccnc4ccccc34)CC2)c2ccccc21. The molecule has 1 fully saturated rings. The summed E-state index contributed by atoms with van der Waals surface area (Å²) in [4.78, 5) is 18.8. The summed E-state index contributed by atoms with van der Waals surface area (Å²) in [7, 11) is 0. The van der Waals surface area contributed by atoms with Crippen molar-refractivity contribution in [2.75, 3.05) is 13.1 Å². The number of hydrogen-bond donors (Lipinski definition) is 1. The minimum atomic E-state index is -0.633. The molecule has 2 aliphatic heterocycles. The molecule has 1 unspecified atom stereocenters. The number of amides is 1. The number of likely N-dealkylation sites (tertiary alicyclic amines) is 1. The summed E-state index contributed by atoms with van der Waals surface area (Å²) < 4.78 is 6.28. The van der Waals surface area contributed by atoms with Gasteiger partial charge in [-0.2, -0.15) is 0 Å². The molecule has 28 heavy (non-hydrogen) atoms. The normalized spacial score (nSPS) is 21.1. The van der Waals surface area contributed by atoms with Gasteiger partial charge in [0, 0.05) is 31.2 Å². The van der Waals surface area contributed by atoms with Crippen LogP contribution < -0.4 is 5.73 Å². The summed E-state index contributed by atoms with van der Waals surface area (Å²) in [5, 5.41) is 1.21. The molecule has 1 atom stereocenters. The molecule has 3 heterocycles. The van der Waals surface area contributed by atoms with Gasteiger partial charge in [-0.25, -0.2) is 0 Å². The van der Waals surface area contributed by atoms with Crippen molar-refractivity contribution in [2.24, 2.45) is 5.73 Å². The fraction of sp³-hybridized carbons (Fsp3) is 0.304. The van der Waals surface area contributed by atoms with E-state index in [2.05, 4.69) is 40.2 Å². The number of piperidine rings is 1. The van der Waals surface area contributed by atoms with Gasteiger partial charge in [0.2, 0.25) is 0 Å². The number of ether oxygens (including phenoxy) is 1. The fourth-order valence-electron chi connectivity index (χ4n) is 4.70. The first-order valence-corrected chi connectivity index (χ1v) is 9.78. The van der Waals surface area contributed by atoms with Crippen molar-refractivity contribution in [3.63, 3.8) is 0 Å². The average Bonchev–Trinajstić information content (AvgIpc) is 3.05. The van der Waals surface area contributed by atoms with Crippen LogP contribution in [0.25, 0.3) is 10.9 Å². The second kappa shape index (κ2) is 6.69. The van der Waals surface area contributed by atoms with E-state index >= 15 is 0 Å². The van der Waals surface area contributed by atoms with Crippen LogP contribution in [0.4, 0.5) is 0 Å². The number of carbonyl (C=O) groups excluding carboxylic acids is 1. The van der Waals surface area contributed by atoms with Gasteiger partial charge in [0.15, 0.2) is 6.10 Å². The highest BCUT2D eigenvalue weighted by Gasteiger charge is 2.48. The van der Waals surface area contributed by atoms with E-state index in [1.54, 1.807) is 0 Å². The number of carbonyl (C=O) groups is 1. The van der Waals surface area contributed by atoms with Crippen LogP contribution in [0, 0.1) is 0 Å². The summed E-state index contributed by atoms with van der Waals surface area (Å²) >= 11 is 0. The van der Waals surface area contributed by atoms with Crippen LogP contribution in [0.3, 0.4) is 0 Å². The zero-order valence-corrected chi connectivity index (χ0v) is 15.7. The Bertz CT molecular complexity index is 1040. The standard InChI is InChI=1S/C23H23N3O2/c24-22(27)21-18-6-1-3-7-19(18)23(28-21)10-13-26(14-11-23)15-16-9-12-25-20-8-4-2-5-17(16)20/h1-9,12,21H,10-11,13-15H2,(H2,24,27). The Labute approximate surface area is 164 Å². The van der Waals surface area contributed by atoms with E-state index in [1.165, 1.54) is 10.9 Å². The second-order valence-electron chi connectivity index (χ2n) is 7.75. The third kappa shape index (κ3) is 2.79. The summed E-state index contributed by atoms with van der Waals surface area (Å²) in [6.07, 6.45) is 2.97. The highest BCUT2D eigenvalue weighted by molar-refractivity contribution is 5.82. The van der Waals surface area contributed by atoms with E-state index in [0.29, 0.717) is 0 Å². The molecule has 5 rings (SSSR count). The number of pyridine rings is 1. The van der Waals surface area contributed by atoms with Crippen LogP contribution in [0.2, 0.25) is 0 Å². The third-order valence-corrected chi connectivity index (χ3v) is 6.13. The molecule has 0 saturated carbocycles. The van der Waals surface area contributed by atoms with Gasteiger partial charge in [0.25, 0.3) is 5.91 Å². The lowest BCUT2D eigenvalue weighted by molar-refractivity contribution is -0.148. The Balaban J connectivity index is 1.36. The monoisotopic (exact) mass is 373 g/mol. The summed E-state index contributed by atoms with van der Waals surface area (Å²) in [6.45, 7) is 2.72. The van der Waals surface area contributed by atoms with Crippen molar-refractivity contribution in [1.82, 2.24) is 9.88 Å². The molecule has 2 N–H and O–H groups in total. The lowest BCUT2D eigenvalue weighted by atomic mass is 9.83. The maximum atomic E-state index is 11.9. The first-order chi connectivity index (χ1) is 13.7. The Morgan fingerprint density at radius 1 is 1.11 bits per heavy atom. The van der Waals surface area contributed by atoms with Gasteiger partial charge in [-0.15, -0.1) is 0 Å². The van der Waals surface area contributed by atoms with Crippen LogP contribution in [0.5, 0.6) is 0 Å². The van der Waals surface area contributed by atoms with Crippen molar-refractivity contribution in [3.8, 4) is 0 Å². The molecule has 0 aliphatic carbocycles. The smallest absolute Gasteiger partial charge is 0.251 e. The van der Waals surface area contributed by atoms with Gasteiger partial charge >= 0.3 is 0 Å². The fourth-order valence-corrected chi connectivity index (χ4v) is 4.70. The van der Waals surface area contributed by atoms with Gasteiger partial charge in [0.05, 0.1) is 11.1 Å². The molecule has 142 valence electrons. The van der Waals surface area contributed by atoms with E-state index in [1.807, 2.05) is 30.5 Å². The Morgan fingerprint density at radius 3 is 2.68 bits per heavy atom. The maximum absolute atomic E-state index is 11.9. The van der Waals surface area contributed by atoms with Crippen LogP contribution in [-0.4, -0.2) is 28.9 Å². The van der Waals surface area contributed by atoms with E-state index in [0.717, 1.165) is 49.1 Å². The molecule has 0 radical (unpaired) electrons. The second-order valence-corrected chi connectivity index (χ2v) is 7.75. The number of nitrogens with two attached hydrogens (primary N) is 1. The Kier molecular flexibility index (Phi) is 4.14.